The first kappa shape index (κ1) is 36.4. The summed E-state index contributed by atoms with van der Waals surface area (Å²) in [5, 5.41) is 27.0. The van der Waals surface area contributed by atoms with Crippen molar-refractivity contribution in [3.05, 3.63) is 47.5 Å². The lowest BCUT2D eigenvalue weighted by atomic mass is 10.1. The van der Waals surface area contributed by atoms with Crippen molar-refractivity contribution in [3.63, 3.8) is 0 Å². The van der Waals surface area contributed by atoms with E-state index in [0.717, 1.165) is 0 Å². The summed E-state index contributed by atoms with van der Waals surface area (Å²) >= 11 is 0. The maximum absolute atomic E-state index is 12.2. The molecule has 0 fully saturated rings. The normalized spacial score (nSPS) is 12.5. The number of benzene rings is 2. The summed E-state index contributed by atoms with van der Waals surface area (Å²) in [5.41, 5.74) is 1.57. The number of carbonyl (C=O) groups is 4. The largest absolute Gasteiger partial charge is 0.490 e. The molecule has 11 heteroatoms. The summed E-state index contributed by atoms with van der Waals surface area (Å²) < 4.78 is 11.6. The molecule has 0 spiro atoms. The summed E-state index contributed by atoms with van der Waals surface area (Å²) in [6.45, 7) is 10.6. The van der Waals surface area contributed by atoms with Gasteiger partial charge in [0.2, 0.25) is 11.8 Å². The average molecular weight is 614 g/mol. The van der Waals surface area contributed by atoms with Crippen molar-refractivity contribution in [1.29, 1.82) is 0 Å². The van der Waals surface area contributed by atoms with Gasteiger partial charge in [-0.25, -0.2) is 0 Å². The fourth-order valence-electron chi connectivity index (χ4n) is 4.43. The Morgan fingerprint density at radius 1 is 0.727 bits per heavy atom. The number of anilines is 2. The lowest BCUT2D eigenvalue weighted by molar-refractivity contribution is -0.117. The summed E-state index contributed by atoms with van der Waals surface area (Å²) in [6.07, 6.45) is 0.289. The third kappa shape index (κ3) is 12.1. The number of amides is 2. The first-order chi connectivity index (χ1) is 20.8. The average Bonchev–Trinajstić information content (AvgIpc) is 2.95. The molecular weight excluding hydrogens is 566 g/mol. The summed E-state index contributed by atoms with van der Waals surface area (Å²) in [4.78, 5) is 50.2. The van der Waals surface area contributed by atoms with Crippen LogP contribution in [0.5, 0.6) is 11.5 Å². The van der Waals surface area contributed by atoms with E-state index in [1.54, 1.807) is 36.4 Å². The predicted octanol–water partition coefficient (Wildman–Crippen LogP) is 4.46. The van der Waals surface area contributed by atoms with Gasteiger partial charge in [0.25, 0.3) is 0 Å². The number of hydrogen-bond donors (Lipinski definition) is 4. The molecule has 0 saturated heterocycles. The van der Waals surface area contributed by atoms with Gasteiger partial charge in [-0.3, -0.25) is 24.1 Å². The number of nitrogens with zero attached hydrogens (tertiary/aromatic N) is 1. The van der Waals surface area contributed by atoms with Crippen LogP contribution in [0.1, 0.15) is 87.9 Å². The highest BCUT2D eigenvalue weighted by molar-refractivity contribution is 6.00. The van der Waals surface area contributed by atoms with Gasteiger partial charge >= 0.3 is 0 Å². The molecule has 242 valence electrons. The second kappa shape index (κ2) is 18.1. The van der Waals surface area contributed by atoms with Crippen molar-refractivity contribution in [2.45, 2.75) is 85.5 Å². The van der Waals surface area contributed by atoms with Crippen LogP contribution in [0.15, 0.2) is 36.4 Å². The Morgan fingerprint density at radius 3 is 1.43 bits per heavy atom. The van der Waals surface area contributed by atoms with Crippen LogP contribution in [-0.4, -0.2) is 83.0 Å². The fraction of sp³-hybridized carbons (Fsp3) is 0.515. The van der Waals surface area contributed by atoms with Crippen LogP contribution in [0.2, 0.25) is 0 Å². The lowest BCUT2D eigenvalue weighted by Crippen LogP contribution is -2.45. The van der Waals surface area contributed by atoms with E-state index in [0.29, 0.717) is 59.7 Å². The molecule has 0 saturated carbocycles. The predicted molar refractivity (Wildman–Crippen MR) is 170 cm³/mol. The van der Waals surface area contributed by atoms with Crippen LogP contribution in [0.3, 0.4) is 0 Å². The molecule has 44 heavy (non-hydrogen) atoms. The molecule has 0 unspecified atom stereocenters. The van der Waals surface area contributed by atoms with Crippen molar-refractivity contribution in [3.8, 4) is 11.5 Å². The van der Waals surface area contributed by atoms with Crippen molar-refractivity contribution in [2.75, 3.05) is 36.9 Å². The van der Waals surface area contributed by atoms with E-state index in [9.17, 15) is 29.4 Å². The Labute approximate surface area is 259 Å². The first-order valence-corrected chi connectivity index (χ1v) is 15.1. The number of hydrogen-bond acceptors (Lipinski definition) is 9. The minimum Gasteiger partial charge on any atom is -0.490 e. The number of Topliss-reactive ketones (excluding diaryl/α,β-unsaturated/α-hetero) is 2. The Bertz CT molecular complexity index is 1190. The molecule has 2 aromatic rings. The van der Waals surface area contributed by atoms with E-state index < -0.39 is 12.2 Å². The maximum atomic E-state index is 12.2. The SMILES string of the molecule is CCCC(=O)Nc1ccc(OC[C@@H](O)CN(C[C@H](O)COc2ccc(NC(=O)CCC)cc2C(C)=O)C(C)C)c(C(C)=O)c1. The molecule has 11 nitrogen and oxygen atoms in total. The number of aliphatic hydroxyl groups excluding tert-OH is 2. The van der Waals surface area contributed by atoms with Gasteiger partial charge in [0, 0.05) is 43.3 Å². The van der Waals surface area contributed by atoms with E-state index in [2.05, 4.69) is 10.6 Å². The molecule has 2 atom stereocenters. The van der Waals surface area contributed by atoms with E-state index >= 15 is 0 Å². The second-order valence-electron chi connectivity index (χ2n) is 11.1. The van der Waals surface area contributed by atoms with E-state index in [1.807, 2.05) is 32.6 Å². The van der Waals surface area contributed by atoms with Gasteiger partial charge in [-0.1, -0.05) is 13.8 Å². The van der Waals surface area contributed by atoms with Crippen LogP contribution >= 0.6 is 0 Å². The van der Waals surface area contributed by atoms with Gasteiger partial charge in [0.15, 0.2) is 11.6 Å². The van der Waals surface area contributed by atoms with Crippen LogP contribution in [0.4, 0.5) is 11.4 Å². The van der Waals surface area contributed by atoms with Crippen molar-refractivity contribution >= 4 is 34.8 Å². The Morgan fingerprint density at radius 2 is 1.11 bits per heavy atom. The molecule has 0 aliphatic carbocycles. The molecule has 0 aliphatic rings. The molecule has 0 heterocycles. The molecule has 0 bridgehead atoms. The number of ketones is 2. The summed E-state index contributed by atoms with van der Waals surface area (Å²) in [6, 6.07) is 9.56. The minimum absolute atomic E-state index is 0.0307. The smallest absolute Gasteiger partial charge is 0.224 e. The van der Waals surface area contributed by atoms with Crippen molar-refractivity contribution in [1.82, 2.24) is 4.90 Å². The molecular formula is C33H47N3O8. The third-order valence-corrected chi connectivity index (χ3v) is 6.72. The topological polar surface area (TPSA) is 154 Å². The van der Waals surface area contributed by atoms with Crippen LogP contribution in [0, 0.1) is 0 Å². The summed E-state index contributed by atoms with van der Waals surface area (Å²) in [5.74, 6) is -0.165. The summed E-state index contributed by atoms with van der Waals surface area (Å²) in [7, 11) is 0. The van der Waals surface area contributed by atoms with Gasteiger partial charge in [-0.2, -0.15) is 0 Å². The van der Waals surface area contributed by atoms with Gasteiger partial charge in [-0.15, -0.1) is 0 Å². The van der Waals surface area contributed by atoms with Crippen LogP contribution < -0.4 is 20.1 Å². The van der Waals surface area contributed by atoms with Gasteiger partial charge in [0.05, 0.1) is 11.1 Å². The standard InChI is InChI=1S/C33H47N3O8/c1-7-9-32(41)34-24-11-13-30(28(15-24)22(5)37)43-19-26(39)17-36(21(3)4)18-27(40)20-44-31-14-12-25(16-29(31)23(6)38)35-33(42)10-8-2/h11-16,21,26-27,39-40H,7-10,17-20H2,1-6H3,(H,34,41)(H,35,42)/t26-,27-/m0/s1. The van der Waals surface area contributed by atoms with Crippen molar-refractivity contribution in [2.24, 2.45) is 0 Å². The number of nitrogens with one attached hydrogen (secondary N) is 2. The highest BCUT2D eigenvalue weighted by atomic mass is 16.5. The van der Waals surface area contributed by atoms with Gasteiger partial charge in [-0.05, 0) is 76.9 Å². The Kier molecular flexibility index (Phi) is 15.0. The lowest BCUT2D eigenvalue weighted by Gasteiger charge is -2.30. The zero-order valence-electron chi connectivity index (χ0n) is 26.6. The second-order valence-corrected chi connectivity index (χ2v) is 11.1. The molecule has 0 radical (unpaired) electrons. The monoisotopic (exact) mass is 613 g/mol. The number of aliphatic hydroxyl groups is 2. The zero-order chi connectivity index (χ0) is 32.8. The maximum Gasteiger partial charge on any atom is 0.224 e. The Hall–Kier alpha value is -3.80. The Balaban J connectivity index is 1.97. The minimum atomic E-state index is -0.936. The highest BCUT2D eigenvalue weighted by Crippen LogP contribution is 2.25. The zero-order valence-corrected chi connectivity index (χ0v) is 26.6. The molecule has 2 rings (SSSR count). The molecule has 2 aromatic carbocycles. The van der Waals surface area contributed by atoms with Crippen LogP contribution in [-0.2, 0) is 9.59 Å². The third-order valence-electron chi connectivity index (χ3n) is 6.72. The van der Waals surface area contributed by atoms with Crippen LogP contribution in [0.25, 0.3) is 0 Å². The number of ether oxygens (including phenoxy) is 2. The van der Waals surface area contributed by atoms with Gasteiger partial charge < -0.3 is 30.3 Å². The van der Waals surface area contributed by atoms with Crippen molar-refractivity contribution < 1.29 is 38.9 Å². The van der Waals surface area contributed by atoms with Gasteiger partial charge in [0.1, 0.15) is 36.9 Å². The quantitative estimate of drug-likeness (QED) is 0.168. The number of carbonyl (C=O) groups excluding carboxylic acids is 4. The fourth-order valence-corrected chi connectivity index (χ4v) is 4.43. The molecule has 0 aliphatic heterocycles. The molecule has 4 N–H and O–H groups in total. The number of rotatable bonds is 19. The van der Waals surface area contributed by atoms with E-state index in [4.69, 9.17) is 9.47 Å². The van der Waals surface area contributed by atoms with E-state index in [1.165, 1.54) is 13.8 Å². The highest BCUT2D eigenvalue weighted by Gasteiger charge is 2.21. The first-order valence-electron chi connectivity index (χ1n) is 15.1. The molecule has 0 aromatic heterocycles. The molecule has 2 amide bonds. The van der Waals surface area contributed by atoms with E-state index in [-0.39, 0.29) is 55.7 Å².